The van der Waals surface area contributed by atoms with Crippen LogP contribution in [0.15, 0.2) is 18.2 Å². The minimum atomic E-state index is -1.10. The molecule has 1 unspecified atom stereocenters. The predicted octanol–water partition coefficient (Wildman–Crippen LogP) is 1.83. The summed E-state index contributed by atoms with van der Waals surface area (Å²) in [6, 6.07) is 5.32. The van der Waals surface area contributed by atoms with Crippen molar-refractivity contribution >= 4 is 5.97 Å². The van der Waals surface area contributed by atoms with E-state index in [0.717, 1.165) is 12.8 Å². The molecule has 0 amide bonds. The summed E-state index contributed by atoms with van der Waals surface area (Å²) in [5.74, 6) is 0.914. The van der Waals surface area contributed by atoms with E-state index in [0.29, 0.717) is 23.7 Å². The Balaban J connectivity index is 2.41. The molecule has 0 heterocycles. The summed E-state index contributed by atoms with van der Waals surface area (Å²) in [4.78, 5) is 12.3. The molecule has 1 fully saturated rings. The van der Waals surface area contributed by atoms with Crippen molar-refractivity contribution < 1.29 is 19.0 Å². The lowest BCUT2D eigenvalue weighted by atomic mass is 9.85. The highest BCUT2D eigenvalue weighted by Gasteiger charge is 2.50. The summed E-state index contributed by atoms with van der Waals surface area (Å²) in [6.07, 6.45) is 1.87. The molecular weight excluding hydrogens is 258 g/mol. The number of rotatable bonds is 6. The van der Waals surface area contributed by atoms with Gasteiger partial charge in [-0.15, -0.1) is 0 Å². The largest absolute Gasteiger partial charge is 0.493 e. The van der Waals surface area contributed by atoms with Crippen LogP contribution < -0.4 is 15.2 Å². The van der Waals surface area contributed by atoms with E-state index in [-0.39, 0.29) is 11.9 Å². The number of carbonyl (C=O) groups excluding carboxylic acids is 1. The summed E-state index contributed by atoms with van der Waals surface area (Å²) < 4.78 is 15.6. The molecule has 5 heteroatoms. The molecule has 1 aromatic rings. The van der Waals surface area contributed by atoms with Gasteiger partial charge < -0.3 is 19.9 Å². The third-order valence-corrected chi connectivity index (χ3v) is 3.70. The Morgan fingerprint density at radius 3 is 2.45 bits per heavy atom. The first-order chi connectivity index (χ1) is 9.57. The molecule has 2 N–H and O–H groups in total. The molecule has 0 saturated heterocycles. The lowest BCUT2D eigenvalue weighted by Crippen LogP contribution is -2.48. The van der Waals surface area contributed by atoms with Gasteiger partial charge in [-0.2, -0.15) is 0 Å². The number of hydrogen-bond acceptors (Lipinski definition) is 5. The van der Waals surface area contributed by atoms with Gasteiger partial charge in [-0.1, -0.05) is 6.07 Å². The van der Waals surface area contributed by atoms with Gasteiger partial charge in [-0.3, -0.25) is 0 Å². The summed E-state index contributed by atoms with van der Waals surface area (Å²) in [5.41, 5.74) is 6.00. The molecule has 1 aliphatic carbocycles. The van der Waals surface area contributed by atoms with E-state index >= 15 is 0 Å². The molecule has 0 radical (unpaired) electrons. The molecule has 0 bridgehead atoms. The molecule has 20 heavy (non-hydrogen) atoms. The molecule has 1 aromatic carbocycles. The van der Waals surface area contributed by atoms with Crippen molar-refractivity contribution in [1.29, 1.82) is 0 Å². The van der Waals surface area contributed by atoms with Gasteiger partial charge in [0.1, 0.15) is 5.54 Å². The van der Waals surface area contributed by atoms with Gasteiger partial charge in [-0.25, -0.2) is 4.79 Å². The van der Waals surface area contributed by atoms with E-state index in [1.165, 1.54) is 0 Å². The summed E-state index contributed by atoms with van der Waals surface area (Å²) in [6.45, 7) is 2.09. The van der Waals surface area contributed by atoms with E-state index in [9.17, 15) is 4.79 Å². The molecule has 5 nitrogen and oxygen atoms in total. The average Bonchev–Trinajstić information content (AvgIpc) is 3.30. The van der Waals surface area contributed by atoms with Crippen molar-refractivity contribution in [3.05, 3.63) is 23.8 Å². The van der Waals surface area contributed by atoms with Crippen LogP contribution in [0.2, 0.25) is 0 Å². The van der Waals surface area contributed by atoms with Gasteiger partial charge in [0.2, 0.25) is 0 Å². The molecular formula is C15H21NO4. The zero-order chi connectivity index (χ0) is 14.8. The Kier molecular flexibility index (Phi) is 4.18. The Morgan fingerprint density at radius 2 is 1.95 bits per heavy atom. The minimum Gasteiger partial charge on any atom is -0.493 e. The van der Waals surface area contributed by atoms with Gasteiger partial charge in [0.15, 0.2) is 11.5 Å². The molecule has 0 spiro atoms. The van der Waals surface area contributed by atoms with Crippen molar-refractivity contribution in [1.82, 2.24) is 0 Å². The number of esters is 1. The maximum absolute atomic E-state index is 12.3. The van der Waals surface area contributed by atoms with Crippen molar-refractivity contribution in [2.24, 2.45) is 11.7 Å². The summed E-state index contributed by atoms with van der Waals surface area (Å²) in [7, 11) is 3.13. The first kappa shape index (κ1) is 14.7. The molecule has 110 valence electrons. The van der Waals surface area contributed by atoms with Gasteiger partial charge in [0, 0.05) is 0 Å². The average molecular weight is 279 g/mol. The number of carbonyl (C=O) groups is 1. The van der Waals surface area contributed by atoms with Crippen LogP contribution in [-0.4, -0.2) is 26.8 Å². The van der Waals surface area contributed by atoms with Crippen LogP contribution in [0, 0.1) is 5.92 Å². The number of hydrogen-bond donors (Lipinski definition) is 1. The van der Waals surface area contributed by atoms with E-state index in [4.69, 9.17) is 19.9 Å². The fourth-order valence-corrected chi connectivity index (χ4v) is 2.40. The summed E-state index contributed by atoms with van der Waals surface area (Å²) in [5, 5.41) is 0. The van der Waals surface area contributed by atoms with Crippen molar-refractivity contribution in [2.75, 3.05) is 20.8 Å². The Hall–Kier alpha value is -1.75. The molecule has 0 aliphatic heterocycles. The summed E-state index contributed by atoms with van der Waals surface area (Å²) >= 11 is 0. The van der Waals surface area contributed by atoms with Crippen molar-refractivity contribution in [3.8, 4) is 11.5 Å². The van der Waals surface area contributed by atoms with Gasteiger partial charge in [0.05, 0.1) is 20.8 Å². The standard InChI is InChI=1S/C15H21NO4/c1-4-20-14(17)15(16,10-5-6-10)11-7-8-12(18-2)13(9-11)19-3/h7-10H,4-6,16H2,1-3H3. The lowest BCUT2D eigenvalue weighted by molar-refractivity contribution is -0.151. The molecule has 1 atom stereocenters. The zero-order valence-electron chi connectivity index (χ0n) is 12.1. The fraction of sp³-hybridized carbons (Fsp3) is 0.533. The molecule has 0 aromatic heterocycles. The van der Waals surface area contributed by atoms with Crippen molar-refractivity contribution in [3.63, 3.8) is 0 Å². The smallest absolute Gasteiger partial charge is 0.331 e. The second kappa shape index (κ2) is 5.71. The minimum absolute atomic E-state index is 0.125. The van der Waals surface area contributed by atoms with E-state index in [1.54, 1.807) is 39.3 Å². The Bertz CT molecular complexity index is 499. The van der Waals surface area contributed by atoms with Crippen molar-refractivity contribution in [2.45, 2.75) is 25.3 Å². The number of ether oxygens (including phenoxy) is 3. The first-order valence-corrected chi connectivity index (χ1v) is 6.76. The Morgan fingerprint density at radius 1 is 1.30 bits per heavy atom. The van der Waals surface area contributed by atoms with Crippen LogP contribution in [0.4, 0.5) is 0 Å². The maximum Gasteiger partial charge on any atom is 0.331 e. The third kappa shape index (κ3) is 2.45. The second-order valence-corrected chi connectivity index (χ2v) is 4.93. The van der Waals surface area contributed by atoms with E-state index in [2.05, 4.69) is 0 Å². The van der Waals surface area contributed by atoms with Crippen LogP contribution in [-0.2, 0) is 15.1 Å². The van der Waals surface area contributed by atoms with E-state index < -0.39 is 5.54 Å². The second-order valence-electron chi connectivity index (χ2n) is 4.93. The Labute approximate surface area is 119 Å². The first-order valence-electron chi connectivity index (χ1n) is 6.76. The van der Waals surface area contributed by atoms with Crippen LogP contribution in [0.25, 0.3) is 0 Å². The highest BCUT2D eigenvalue weighted by atomic mass is 16.5. The molecule has 1 saturated carbocycles. The quantitative estimate of drug-likeness (QED) is 0.804. The maximum atomic E-state index is 12.3. The molecule has 1 aliphatic rings. The van der Waals surface area contributed by atoms with Crippen LogP contribution in [0.5, 0.6) is 11.5 Å². The van der Waals surface area contributed by atoms with Gasteiger partial charge >= 0.3 is 5.97 Å². The highest BCUT2D eigenvalue weighted by Crippen LogP contribution is 2.46. The monoisotopic (exact) mass is 279 g/mol. The van der Waals surface area contributed by atoms with Crippen LogP contribution in [0.3, 0.4) is 0 Å². The topological polar surface area (TPSA) is 70.8 Å². The SMILES string of the molecule is CCOC(=O)C(N)(c1ccc(OC)c(OC)c1)C1CC1. The number of nitrogens with two attached hydrogens (primary N) is 1. The predicted molar refractivity (Wildman–Crippen MR) is 74.8 cm³/mol. The fourth-order valence-electron chi connectivity index (χ4n) is 2.40. The molecule has 2 rings (SSSR count). The van der Waals surface area contributed by atoms with Crippen LogP contribution >= 0.6 is 0 Å². The van der Waals surface area contributed by atoms with Gasteiger partial charge in [-0.05, 0) is 43.4 Å². The highest BCUT2D eigenvalue weighted by molar-refractivity contribution is 5.83. The zero-order valence-corrected chi connectivity index (χ0v) is 12.1. The normalized spacial score (nSPS) is 17.2. The lowest BCUT2D eigenvalue weighted by Gasteiger charge is -2.28. The number of methoxy groups -OCH3 is 2. The van der Waals surface area contributed by atoms with Gasteiger partial charge in [0.25, 0.3) is 0 Å². The number of benzene rings is 1. The third-order valence-electron chi connectivity index (χ3n) is 3.70. The van der Waals surface area contributed by atoms with E-state index in [1.807, 2.05) is 0 Å². The van der Waals surface area contributed by atoms with Crippen LogP contribution in [0.1, 0.15) is 25.3 Å².